The van der Waals surface area contributed by atoms with Gasteiger partial charge in [-0.1, -0.05) is 12.1 Å². The molecular formula is C16H15FN4O2. The van der Waals surface area contributed by atoms with Crippen LogP contribution in [0.15, 0.2) is 30.5 Å². The quantitative estimate of drug-likeness (QED) is 0.899. The Morgan fingerprint density at radius 2 is 2.04 bits per heavy atom. The van der Waals surface area contributed by atoms with Crippen LogP contribution in [0.4, 0.5) is 4.39 Å². The molecule has 0 spiro atoms. The lowest BCUT2D eigenvalue weighted by atomic mass is 10.1. The van der Waals surface area contributed by atoms with Gasteiger partial charge in [-0.05, 0) is 30.5 Å². The maximum Gasteiger partial charge on any atom is 0.287 e. The van der Waals surface area contributed by atoms with Crippen molar-refractivity contribution in [3.63, 3.8) is 0 Å². The number of imidazole rings is 1. The number of nitrogens with one attached hydrogen (secondary N) is 2. The fraction of sp³-hybridized carbons (Fsp3) is 0.312. The number of carbonyl (C=O) groups is 2. The first kappa shape index (κ1) is 13.9. The van der Waals surface area contributed by atoms with Gasteiger partial charge in [0.15, 0.2) is 5.82 Å². The van der Waals surface area contributed by atoms with E-state index in [2.05, 4.69) is 15.6 Å². The van der Waals surface area contributed by atoms with Crippen LogP contribution >= 0.6 is 0 Å². The highest BCUT2D eigenvalue weighted by Crippen LogP contribution is 2.23. The van der Waals surface area contributed by atoms with Gasteiger partial charge in [0.25, 0.3) is 11.8 Å². The van der Waals surface area contributed by atoms with Gasteiger partial charge in [-0.15, -0.1) is 0 Å². The average Bonchev–Trinajstić information content (AvgIpc) is 3.23. The normalized spacial score (nSPS) is 19.9. The summed E-state index contributed by atoms with van der Waals surface area (Å²) in [5.74, 6) is -0.681. The molecule has 0 saturated heterocycles. The van der Waals surface area contributed by atoms with E-state index in [4.69, 9.17) is 0 Å². The summed E-state index contributed by atoms with van der Waals surface area (Å²) in [6.07, 6.45) is 3.58. The van der Waals surface area contributed by atoms with Gasteiger partial charge < -0.3 is 15.2 Å². The molecule has 7 heteroatoms. The predicted molar refractivity (Wildman–Crippen MR) is 79.3 cm³/mol. The minimum atomic E-state index is -0.337. The number of nitrogens with zero attached hydrogens (tertiary/aromatic N) is 2. The molecule has 23 heavy (non-hydrogen) atoms. The molecule has 2 aliphatic rings. The minimum Gasteiger partial charge on any atom is -0.348 e. The Labute approximate surface area is 131 Å². The lowest BCUT2D eigenvalue weighted by Gasteiger charge is -2.25. The third-order valence-electron chi connectivity index (χ3n) is 4.08. The predicted octanol–water partition coefficient (Wildman–Crippen LogP) is 1.40. The van der Waals surface area contributed by atoms with Crippen molar-refractivity contribution in [1.29, 1.82) is 0 Å². The summed E-state index contributed by atoms with van der Waals surface area (Å²) in [5.41, 5.74) is 1.06. The van der Waals surface area contributed by atoms with Gasteiger partial charge in [0.1, 0.15) is 11.5 Å². The summed E-state index contributed by atoms with van der Waals surface area (Å²) >= 11 is 0. The minimum absolute atomic E-state index is 0.226. The fourth-order valence-corrected chi connectivity index (χ4v) is 2.68. The molecule has 2 amide bonds. The number of aromatic nitrogens is 2. The Hall–Kier alpha value is -2.70. The standard InChI is InChI=1S/C16H15FN4O2/c17-10-3-1-9(2-4-10)12-7-21-8-13(15(22)18-11-5-6-11)19-14(21)16(23)20-12/h1-4,8,11-12H,5-7H2,(H,18,22)(H,20,23)/t12-/m0/s1. The second-order valence-electron chi connectivity index (χ2n) is 5.93. The van der Waals surface area contributed by atoms with E-state index in [9.17, 15) is 14.0 Å². The summed E-state index contributed by atoms with van der Waals surface area (Å²) in [6, 6.07) is 5.97. The topological polar surface area (TPSA) is 76.0 Å². The maximum atomic E-state index is 13.0. The van der Waals surface area contributed by atoms with Crippen molar-refractivity contribution in [2.45, 2.75) is 31.5 Å². The number of halogens is 1. The number of fused-ring (bicyclic) bond motifs is 1. The molecule has 118 valence electrons. The molecule has 1 aliphatic carbocycles. The smallest absolute Gasteiger partial charge is 0.287 e. The van der Waals surface area contributed by atoms with Crippen molar-refractivity contribution >= 4 is 11.8 Å². The zero-order valence-corrected chi connectivity index (χ0v) is 12.3. The van der Waals surface area contributed by atoms with Gasteiger partial charge in [-0.2, -0.15) is 0 Å². The van der Waals surface area contributed by atoms with E-state index in [-0.39, 0.29) is 41.2 Å². The van der Waals surface area contributed by atoms with Gasteiger partial charge in [0, 0.05) is 18.8 Å². The van der Waals surface area contributed by atoms with Crippen LogP contribution in [0.25, 0.3) is 0 Å². The molecule has 6 nitrogen and oxygen atoms in total. The van der Waals surface area contributed by atoms with Crippen molar-refractivity contribution in [2.24, 2.45) is 0 Å². The Kier molecular flexibility index (Phi) is 3.14. The van der Waals surface area contributed by atoms with E-state index in [1.807, 2.05) is 0 Å². The summed E-state index contributed by atoms with van der Waals surface area (Å²) in [6.45, 7) is 0.455. The Bertz CT molecular complexity index is 780. The number of hydrogen-bond donors (Lipinski definition) is 2. The third-order valence-corrected chi connectivity index (χ3v) is 4.08. The first-order valence-corrected chi connectivity index (χ1v) is 7.54. The number of amides is 2. The number of hydrogen-bond acceptors (Lipinski definition) is 3. The van der Waals surface area contributed by atoms with E-state index in [0.29, 0.717) is 6.54 Å². The molecule has 2 heterocycles. The molecule has 0 bridgehead atoms. The van der Waals surface area contributed by atoms with Gasteiger partial charge in [-0.3, -0.25) is 9.59 Å². The van der Waals surface area contributed by atoms with Gasteiger partial charge in [0.05, 0.1) is 6.04 Å². The molecule has 1 aliphatic heterocycles. The van der Waals surface area contributed by atoms with Gasteiger partial charge in [0.2, 0.25) is 0 Å². The average molecular weight is 314 g/mol. The summed E-state index contributed by atoms with van der Waals surface area (Å²) in [4.78, 5) is 28.4. The number of carbonyl (C=O) groups excluding carboxylic acids is 2. The van der Waals surface area contributed by atoms with Crippen molar-refractivity contribution in [3.05, 3.63) is 53.4 Å². The lowest BCUT2D eigenvalue weighted by molar-refractivity contribution is 0.0894. The zero-order valence-electron chi connectivity index (χ0n) is 12.3. The Morgan fingerprint density at radius 1 is 1.30 bits per heavy atom. The molecule has 1 atom stereocenters. The molecule has 1 saturated carbocycles. The maximum absolute atomic E-state index is 13.0. The SMILES string of the molecule is O=C(NC1CC1)c1cn2c(n1)C(=O)N[C@H](c1ccc(F)cc1)C2. The highest BCUT2D eigenvalue weighted by Gasteiger charge is 2.30. The highest BCUT2D eigenvalue weighted by atomic mass is 19.1. The summed E-state index contributed by atoms with van der Waals surface area (Å²) in [7, 11) is 0. The van der Waals surface area contributed by atoms with Gasteiger partial charge >= 0.3 is 0 Å². The van der Waals surface area contributed by atoms with Crippen LogP contribution < -0.4 is 10.6 Å². The van der Waals surface area contributed by atoms with Crippen LogP contribution in [0.5, 0.6) is 0 Å². The van der Waals surface area contributed by atoms with E-state index >= 15 is 0 Å². The lowest BCUT2D eigenvalue weighted by Crippen LogP contribution is -2.38. The van der Waals surface area contributed by atoms with Crippen molar-refractivity contribution < 1.29 is 14.0 Å². The molecule has 4 rings (SSSR count). The number of benzene rings is 1. The first-order chi connectivity index (χ1) is 11.1. The second kappa shape index (κ2) is 5.19. The number of rotatable bonds is 3. The van der Waals surface area contributed by atoms with E-state index in [0.717, 1.165) is 18.4 Å². The fourth-order valence-electron chi connectivity index (χ4n) is 2.68. The molecule has 0 unspecified atom stereocenters. The van der Waals surface area contributed by atoms with E-state index < -0.39 is 0 Å². The molecule has 1 aromatic carbocycles. The molecule has 2 N–H and O–H groups in total. The molecule has 1 fully saturated rings. The van der Waals surface area contributed by atoms with Crippen molar-refractivity contribution in [3.8, 4) is 0 Å². The molecule has 2 aromatic rings. The van der Waals surface area contributed by atoms with Crippen LogP contribution in [0, 0.1) is 5.82 Å². The van der Waals surface area contributed by atoms with Crippen LogP contribution in [0.3, 0.4) is 0 Å². The Morgan fingerprint density at radius 3 is 2.74 bits per heavy atom. The van der Waals surface area contributed by atoms with Crippen LogP contribution in [-0.2, 0) is 6.54 Å². The Balaban J connectivity index is 1.58. The molecule has 0 radical (unpaired) electrons. The van der Waals surface area contributed by atoms with Crippen LogP contribution in [0.1, 0.15) is 45.6 Å². The highest BCUT2D eigenvalue weighted by molar-refractivity contribution is 5.96. The van der Waals surface area contributed by atoms with E-state index in [1.54, 1.807) is 22.9 Å². The molecular weight excluding hydrogens is 299 g/mol. The van der Waals surface area contributed by atoms with Gasteiger partial charge in [-0.25, -0.2) is 9.37 Å². The summed E-state index contributed by atoms with van der Waals surface area (Å²) < 4.78 is 14.7. The van der Waals surface area contributed by atoms with Crippen molar-refractivity contribution in [2.75, 3.05) is 0 Å². The largest absolute Gasteiger partial charge is 0.348 e. The zero-order chi connectivity index (χ0) is 16.0. The van der Waals surface area contributed by atoms with Crippen molar-refractivity contribution in [1.82, 2.24) is 20.2 Å². The second-order valence-corrected chi connectivity index (χ2v) is 5.93. The monoisotopic (exact) mass is 314 g/mol. The van der Waals surface area contributed by atoms with E-state index in [1.165, 1.54) is 12.1 Å². The molecule has 1 aromatic heterocycles. The summed E-state index contributed by atoms with van der Waals surface area (Å²) in [5, 5.41) is 5.69. The van der Waals surface area contributed by atoms with Crippen LogP contribution in [0.2, 0.25) is 0 Å². The first-order valence-electron chi connectivity index (χ1n) is 7.54. The van der Waals surface area contributed by atoms with Crippen LogP contribution in [-0.4, -0.2) is 27.4 Å². The third kappa shape index (κ3) is 2.69.